The van der Waals surface area contributed by atoms with Crippen molar-refractivity contribution < 1.29 is 18.3 Å². The number of anilines is 1. The summed E-state index contributed by atoms with van der Waals surface area (Å²) in [5.41, 5.74) is 0.957. The molecule has 0 spiro atoms. The van der Waals surface area contributed by atoms with Gasteiger partial charge < -0.3 is 14.7 Å². The topological polar surface area (TPSA) is 66.8 Å². The third-order valence-corrected chi connectivity index (χ3v) is 5.50. The van der Waals surface area contributed by atoms with E-state index in [0.717, 1.165) is 12.2 Å². The molecule has 1 heterocycles. The number of sulfone groups is 1. The van der Waals surface area contributed by atoms with Gasteiger partial charge in [0.25, 0.3) is 0 Å². The number of aliphatic hydroxyl groups excluding tert-OH is 1. The standard InChI is InChI=1S/C15H23NO4S/c1-3-8-21(18,19)15-6-4-13(5-7-15)16-9-12(2)20-14(10-16)11-17/h4-7,12,14,17H,3,8-11H2,1-2H3. The first kappa shape index (κ1) is 16.3. The summed E-state index contributed by atoms with van der Waals surface area (Å²) in [6, 6.07) is 6.98. The second-order valence-electron chi connectivity index (χ2n) is 5.47. The fraction of sp³-hybridized carbons (Fsp3) is 0.600. The largest absolute Gasteiger partial charge is 0.394 e. The number of rotatable bonds is 5. The van der Waals surface area contributed by atoms with Crippen LogP contribution in [0.4, 0.5) is 5.69 Å². The molecule has 2 unspecified atom stereocenters. The van der Waals surface area contributed by atoms with Gasteiger partial charge in [-0.3, -0.25) is 0 Å². The summed E-state index contributed by atoms with van der Waals surface area (Å²) in [7, 11) is -3.17. The Balaban J connectivity index is 2.15. The maximum atomic E-state index is 12.0. The third kappa shape index (κ3) is 3.96. The van der Waals surface area contributed by atoms with E-state index < -0.39 is 9.84 Å². The number of hydrogen-bond acceptors (Lipinski definition) is 5. The fourth-order valence-corrected chi connectivity index (χ4v) is 3.93. The van der Waals surface area contributed by atoms with Crippen molar-refractivity contribution in [3.05, 3.63) is 24.3 Å². The van der Waals surface area contributed by atoms with E-state index in [4.69, 9.17) is 4.74 Å². The van der Waals surface area contributed by atoms with E-state index in [1.807, 2.05) is 26.0 Å². The summed E-state index contributed by atoms with van der Waals surface area (Å²) in [5.74, 6) is 0.174. The van der Waals surface area contributed by atoms with Gasteiger partial charge in [0, 0.05) is 18.8 Å². The molecule has 6 heteroatoms. The molecule has 1 aliphatic heterocycles. The lowest BCUT2D eigenvalue weighted by molar-refractivity contribution is -0.0421. The van der Waals surface area contributed by atoms with Gasteiger partial charge in [0.2, 0.25) is 0 Å². The van der Waals surface area contributed by atoms with E-state index in [1.54, 1.807) is 12.1 Å². The smallest absolute Gasteiger partial charge is 0.178 e. The van der Waals surface area contributed by atoms with Crippen molar-refractivity contribution in [2.75, 3.05) is 30.3 Å². The Bertz CT molecular complexity index is 556. The highest BCUT2D eigenvalue weighted by atomic mass is 32.2. The molecule has 1 aromatic rings. The number of nitrogens with zero attached hydrogens (tertiary/aromatic N) is 1. The average molecular weight is 313 g/mol. The normalized spacial score (nSPS) is 23.3. The molecule has 0 aliphatic carbocycles. The molecule has 1 aromatic carbocycles. The zero-order valence-corrected chi connectivity index (χ0v) is 13.3. The fourth-order valence-electron chi connectivity index (χ4n) is 2.61. The van der Waals surface area contributed by atoms with Crippen LogP contribution in [-0.4, -0.2) is 51.2 Å². The summed E-state index contributed by atoms with van der Waals surface area (Å²) in [6.45, 7) is 5.16. The molecular weight excluding hydrogens is 290 g/mol. The van der Waals surface area contributed by atoms with Crippen molar-refractivity contribution in [3.8, 4) is 0 Å². The Morgan fingerprint density at radius 2 is 1.95 bits per heavy atom. The van der Waals surface area contributed by atoms with Crippen molar-refractivity contribution in [2.24, 2.45) is 0 Å². The van der Waals surface area contributed by atoms with Gasteiger partial charge in [0.05, 0.1) is 29.5 Å². The molecule has 0 saturated carbocycles. The second kappa shape index (κ2) is 6.77. The van der Waals surface area contributed by atoms with E-state index in [1.165, 1.54) is 0 Å². The van der Waals surface area contributed by atoms with Gasteiger partial charge in [-0.2, -0.15) is 0 Å². The number of hydrogen-bond donors (Lipinski definition) is 1. The van der Waals surface area contributed by atoms with Crippen molar-refractivity contribution in [1.82, 2.24) is 0 Å². The molecule has 1 saturated heterocycles. The van der Waals surface area contributed by atoms with Crippen molar-refractivity contribution in [2.45, 2.75) is 37.4 Å². The lowest BCUT2D eigenvalue weighted by atomic mass is 10.2. The van der Waals surface area contributed by atoms with Crippen LogP contribution in [-0.2, 0) is 14.6 Å². The Morgan fingerprint density at radius 1 is 1.29 bits per heavy atom. The van der Waals surface area contributed by atoms with Gasteiger partial charge in [0.15, 0.2) is 9.84 Å². The van der Waals surface area contributed by atoms with E-state index in [9.17, 15) is 13.5 Å². The van der Waals surface area contributed by atoms with Crippen molar-refractivity contribution in [1.29, 1.82) is 0 Å². The van der Waals surface area contributed by atoms with Gasteiger partial charge in [-0.25, -0.2) is 8.42 Å². The lowest BCUT2D eigenvalue weighted by Crippen LogP contribution is -2.48. The second-order valence-corrected chi connectivity index (χ2v) is 7.58. The van der Waals surface area contributed by atoms with Gasteiger partial charge in [0.1, 0.15) is 0 Å². The first-order valence-corrected chi connectivity index (χ1v) is 8.95. The van der Waals surface area contributed by atoms with Gasteiger partial charge in [-0.1, -0.05) is 6.92 Å². The lowest BCUT2D eigenvalue weighted by Gasteiger charge is -2.37. The highest BCUT2D eigenvalue weighted by Crippen LogP contribution is 2.23. The van der Waals surface area contributed by atoms with Gasteiger partial charge in [-0.05, 0) is 37.6 Å². The van der Waals surface area contributed by atoms with Gasteiger partial charge >= 0.3 is 0 Å². The molecule has 118 valence electrons. The van der Waals surface area contributed by atoms with Crippen molar-refractivity contribution >= 4 is 15.5 Å². The van der Waals surface area contributed by atoms with Crippen LogP contribution in [0.15, 0.2) is 29.2 Å². The molecular formula is C15H23NO4S. The molecule has 1 N–H and O–H groups in total. The molecule has 21 heavy (non-hydrogen) atoms. The van der Waals surface area contributed by atoms with Crippen LogP contribution >= 0.6 is 0 Å². The monoisotopic (exact) mass is 313 g/mol. The maximum absolute atomic E-state index is 12.0. The first-order valence-electron chi connectivity index (χ1n) is 7.30. The summed E-state index contributed by atoms with van der Waals surface area (Å²) in [6.07, 6.45) is 0.458. The summed E-state index contributed by atoms with van der Waals surface area (Å²) < 4.78 is 29.6. The van der Waals surface area contributed by atoms with Crippen LogP contribution in [0, 0.1) is 0 Å². The zero-order valence-electron chi connectivity index (χ0n) is 12.5. The Morgan fingerprint density at radius 3 is 2.52 bits per heavy atom. The Labute approximate surface area is 126 Å². The zero-order chi connectivity index (χ0) is 15.5. The maximum Gasteiger partial charge on any atom is 0.178 e. The Kier molecular flexibility index (Phi) is 5.24. The van der Waals surface area contributed by atoms with E-state index >= 15 is 0 Å². The molecule has 0 aromatic heterocycles. The molecule has 1 aliphatic rings. The van der Waals surface area contributed by atoms with Gasteiger partial charge in [-0.15, -0.1) is 0 Å². The third-order valence-electron chi connectivity index (χ3n) is 3.56. The number of ether oxygens (including phenoxy) is 1. The van der Waals surface area contributed by atoms with Crippen LogP contribution in [0.25, 0.3) is 0 Å². The predicted molar refractivity (Wildman–Crippen MR) is 82.4 cm³/mol. The molecule has 0 amide bonds. The van der Waals surface area contributed by atoms with Crippen LogP contribution in [0.2, 0.25) is 0 Å². The number of benzene rings is 1. The highest BCUT2D eigenvalue weighted by molar-refractivity contribution is 7.91. The Hall–Kier alpha value is -1.11. The summed E-state index contributed by atoms with van der Waals surface area (Å²) in [5, 5.41) is 9.25. The van der Waals surface area contributed by atoms with Crippen LogP contribution < -0.4 is 4.90 Å². The molecule has 5 nitrogen and oxygen atoms in total. The summed E-state index contributed by atoms with van der Waals surface area (Å²) in [4.78, 5) is 2.48. The number of aliphatic hydroxyl groups is 1. The first-order chi connectivity index (χ1) is 9.96. The van der Waals surface area contributed by atoms with E-state index in [0.29, 0.717) is 17.9 Å². The van der Waals surface area contributed by atoms with E-state index in [2.05, 4.69) is 4.90 Å². The predicted octanol–water partition coefficient (Wildman–Crippen LogP) is 1.46. The van der Waals surface area contributed by atoms with E-state index in [-0.39, 0.29) is 24.6 Å². The molecule has 0 bridgehead atoms. The minimum absolute atomic E-state index is 0.0101. The molecule has 0 radical (unpaired) electrons. The number of morpholine rings is 1. The quantitative estimate of drug-likeness (QED) is 0.891. The minimum atomic E-state index is -3.17. The van der Waals surface area contributed by atoms with Crippen LogP contribution in [0.5, 0.6) is 0 Å². The summed E-state index contributed by atoms with van der Waals surface area (Å²) >= 11 is 0. The van der Waals surface area contributed by atoms with Crippen LogP contribution in [0.1, 0.15) is 20.3 Å². The van der Waals surface area contributed by atoms with Crippen LogP contribution in [0.3, 0.4) is 0 Å². The average Bonchev–Trinajstić information content (AvgIpc) is 2.46. The molecule has 2 rings (SSSR count). The SMILES string of the molecule is CCCS(=O)(=O)c1ccc(N2CC(C)OC(CO)C2)cc1. The van der Waals surface area contributed by atoms with Crippen molar-refractivity contribution in [3.63, 3.8) is 0 Å². The molecule has 2 atom stereocenters. The molecule has 1 fully saturated rings. The highest BCUT2D eigenvalue weighted by Gasteiger charge is 2.25. The minimum Gasteiger partial charge on any atom is -0.394 e.